The highest BCUT2D eigenvalue weighted by Gasteiger charge is 2.53. The van der Waals surface area contributed by atoms with Crippen LogP contribution >= 0.6 is 0 Å². The van der Waals surface area contributed by atoms with Crippen LogP contribution in [0.25, 0.3) is 10.8 Å². The monoisotopic (exact) mass is 283 g/mol. The molecule has 0 spiro atoms. The molecule has 1 heterocycles. The van der Waals surface area contributed by atoms with Crippen LogP contribution in [-0.2, 0) is 9.31 Å². The molecule has 2 aromatic carbocycles. The minimum absolute atomic E-state index is 0.296. The second-order valence-corrected chi connectivity index (χ2v) is 6.76. The van der Waals surface area contributed by atoms with Gasteiger partial charge in [-0.15, -0.1) is 0 Å². The molecule has 0 aliphatic carbocycles. The van der Waals surface area contributed by atoms with E-state index in [1.807, 2.05) is 39.8 Å². The lowest BCUT2D eigenvalue weighted by molar-refractivity contribution is 0.00578. The summed E-state index contributed by atoms with van der Waals surface area (Å²) in [6, 6.07) is 14.5. The fourth-order valence-corrected chi connectivity index (χ4v) is 2.61. The summed E-state index contributed by atoms with van der Waals surface area (Å²) in [5, 5.41) is 2.39. The van der Waals surface area contributed by atoms with Crippen molar-refractivity contribution in [3.8, 4) is 0 Å². The molecule has 2 N–H and O–H groups in total. The molecule has 0 aromatic heterocycles. The van der Waals surface area contributed by atoms with Gasteiger partial charge in [-0.1, -0.05) is 42.5 Å². The molecule has 0 radical (unpaired) electrons. The van der Waals surface area contributed by atoms with Gasteiger partial charge in [0.25, 0.3) is 0 Å². The molecule has 3 rings (SSSR count). The van der Waals surface area contributed by atoms with Gasteiger partial charge >= 0.3 is 7.12 Å². The van der Waals surface area contributed by atoms with Crippen LogP contribution in [0.4, 0.5) is 0 Å². The Hall–Kier alpha value is -1.36. The minimum atomic E-state index is -0.420. The Labute approximate surface area is 126 Å². The Morgan fingerprint density at radius 2 is 1.48 bits per heavy atom. The Kier molecular flexibility index (Phi) is 3.36. The van der Waals surface area contributed by atoms with Gasteiger partial charge in [0.05, 0.1) is 17.1 Å². The smallest absolute Gasteiger partial charge is 0.402 e. The summed E-state index contributed by atoms with van der Waals surface area (Å²) in [6.07, 6.45) is 0. The summed E-state index contributed by atoms with van der Waals surface area (Å²) in [7, 11) is -0.420. The van der Waals surface area contributed by atoms with Crippen molar-refractivity contribution in [2.24, 2.45) is 5.73 Å². The zero-order valence-corrected chi connectivity index (χ0v) is 13.1. The van der Waals surface area contributed by atoms with E-state index in [4.69, 9.17) is 15.0 Å². The highest BCUT2D eigenvalue weighted by molar-refractivity contribution is 6.47. The molecule has 1 saturated heterocycles. The number of fused-ring (bicyclic) bond motifs is 1. The van der Waals surface area contributed by atoms with Crippen LogP contribution in [0, 0.1) is 0 Å². The lowest BCUT2D eigenvalue weighted by Crippen LogP contribution is -2.41. The molecule has 1 atom stereocenters. The van der Waals surface area contributed by atoms with Gasteiger partial charge in [0, 0.05) is 0 Å². The maximum absolute atomic E-state index is 6.38. The molecule has 1 aliphatic heterocycles. The Balaban J connectivity index is 1.89. The molecule has 3 nitrogen and oxygen atoms in total. The lowest BCUT2D eigenvalue weighted by Gasteiger charge is -2.32. The third kappa shape index (κ3) is 2.48. The van der Waals surface area contributed by atoms with Crippen molar-refractivity contribution in [2.45, 2.75) is 44.8 Å². The van der Waals surface area contributed by atoms with Crippen LogP contribution in [-0.4, -0.2) is 18.3 Å². The van der Waals surface area contributed by atoms with Gasteiger partial charge in [0.15, 0.2) is 0 Å². The van der Waals surface area contributed by atoms with E-state index in [-0.39, 0.29) is 17.1 Å². The molecule has 2 aromatic rings. The summed E-state index contributed by atoms with van der Waals surface area (Å²) in [6.45, 7) is 8.17. The zero-order valence-electron chi connectivity index (χ0n) is 13.1. The predicted molar refractivity (Wildman–Crippen MR) is 87.0 cm³/mol. The minimum Gasteiger partial charge on any atom is -0.402 e. The van der Waals surface area contributed by atoms with Crippen LogP contribution in [0.5, 0.6) is 0 Å². The first-order chi connectivity index (χ1) is 9.80. The van der Waals surface area contributed by atoms with Gasteiger partial charge < -0.3 is 15.0 Å². The van der Waals surface area contributed by atoms with Crippen molar-refractivity contribution >= 4 is 17.9 Å². The third-order valence-corrected chi connectivity index (χ3v) is 4.72. The first-order valence-corrected chi connectivity index (χ1v) is 7.40. The maximum atomic E-state index is 6.38. The highest BCUT2D eigenvalue weighted by Crippen LogP contribution is 2.39. The molecular formula is C17H22BNO2. The van der Waals surface area contributed by atoms with Gasteiger partial charge in [-0.2, -0.15) is 0 Å². The first-order valence-electron chi connectivity index (χ1n) is 7.40. The Bertz CT molecular complexity index is 653. The van der Waals surface area contributed by atoms with E-state index in [2.05, 4.69) is 30.3 Å². The molecule has 1 fully saturated rings. The van der Waals surface area contributed by atoms with E-state index < -0.39 is 7.12 Å². The number of nitrogens with two attached hydrogens (primary N) is 1. The van der Waals surface area contributed by atoms with Gasteiger partial charge in [-0.25, -0.2) is 0 Å². The average Bonchev–Trinajstić information content (AvgIpc) is 2.66. The predicted octanol–water partition coefficient (Wildman–Crippen LogP) is 3.47. The van der Waals surface area contributed by atoms with E-state index in [9.17, 15) is 0 Å². The summed E-state index contributed by atoms with van der Waals surface area (Å²) in [4.78, 5) is 0. The second kappa shape index (κ2) is 4.84. The molecule has 110 valence electrons. The van der Waals surface area contributed by atoms with Crippen molar-refractivity contribution in [2.75, 3.05) is 0 Å². The first kappa shape index (κ1) is 14.6. The molecule has 0 unspecified atom stereocenters. The van der Waals surface area contributed by atoms with E-state index in [0.717, 1.165) is 5.56 Å². The SMILES string of the molecule is CC1(C)OB([C@H](N)c2ccc3ccccc3c2)OC1(C)C. The van der Waals surface area contributed by atoms with E-state index in [1.165, 1.54) is 10.8 Å². The summed E-state index contributed by atoms with van der Waals surface area (Å²) in [5.41, 5.74) is 6.71. The van der Waals surface area contributed by atoms with Crippen molar-refractivity contribution < 1.29 is 9.31 Å². The molecule has 0 bridgehead atoms. The average molecular weight is 283 g/mol. The lowest BCUT2D eigenvalue weighted by atomic mass is 9.74. The topological polar surface area (TPSA) is 44.5 Å². The molecule has 1 aliphatic rings. The third-order valence-electron chi connectivity index (χ3n) is 4.72. The van der Waals surface area contributed by atoms with Crippen LogP contribution in [0.15, 0.2) is 42.5 Å². The van der Waals surface area contributed by atoms with Crippen molar-refractivity contribution in [1.82, 2.24) is 0 Å². The van der Waals surface area contributed by atoms with Crippen molar-refractivity contribution in [3.05, 3.63) is 48.0 Å². The van der Waals surface area contributed by atoms with E-state index in [0.29, 0.717) is 0 Å². The summed E-state index contributed by atoms with van der Waals surface area (Å²) < 4.78 is 12.1. The van der Waals surface area contributed by atoms with Gasteiger partial charge in [0.1, 0.15) is 0 Å². The second-order valence-electron chi connectivity index (χ2n) is 6.76. The fourth-order valence-electron chi connectivity index (χ4n) is 2.61. The highest BCUT2D eigenvalue weighted by atomic mass is 16.7. The molecular weight excluding hydrogens is 261 g/mol. The van der Waals surface area contributed by atoms with Gasteiger partial charge in [-0.3, -0.25) is 0 Å². The molecule has 21 heavy (non-hydrogen) atoms. The van der Waals surface area contributed by atoms with Crippen LogP contribution in [0.1, 0.15) is 39.2 Å². The number of benzene rings is 2. The van der Waals surface area contributed by atoms with Crippen LogP contribution in [0.2, 0.25) is 0 Å². The fraction of sp³-hybridized carbons (Fsp3) is 0.412. The number of hydrogen-bond acceptors (Lipinski definition) is 3. The normalized spacial score (nSPS) is 21.7. The van der Waals surface area contributed by atoms with Gasteiger partial charge in [0.2, 0.25) is 0 Å². The standard InChI is InChI=1S/C17H22BNO2/c1-16(2)17(3,4)21-18(20-16)15(19)14-10-9-12-7-5-6-8-13(12)11-14/h5-11,15H,19H2,1-4H3/t15-/m1/s1. The molecule has 0 saturated carbocycles. The largest absolute Gasteiger partial charge is 0.480 e. The van der Waals surface area contributed by atoms with Crippen LogP contribution < -0.4 is 5.73 Å². The maximum Gasteiger partial charge on any atom is 0.480 e. The van der Waals surface area contributed by atoms with Crippen LogP contribution in [0.3, 0.4) is 0 Å². The number of hydrogen-bond donors (Lipinski definition) is 1. The van der Waals surface area contributed by atoms with E-state index >= 15 is 0 Å². The van der Waals surface area contributed by atoms with E-state index in [1.54, 1.807) is 0 Å². The van der Waals surface area contributed by atoms with Crippen molar-refractivity contribution in [1.29, 1.82) is 0 Å². The van der Waals surface area contributed by atoms with Crippen molar-refractivity contribution in [3.63, 3.8) is 0 Å². The van der Waals surface area contributed by atoms with Gasteiger partial charge in [-0.05, 0) is 44.0 Å². The molecule has 0 amide bonds. The Morgan fingerprint density at radius 1 is 0.905 bits per heavy atom. The quantitative estimate of drug-likeness (QED) is 0.858. The zero-order chi connectivity index (χ0) is 15.3. The summed E-state index contributed by atoms with van der Waals surface area (Å²) in [5.74, 6) is -0.296. The summed E-state index contributed by atoms with van der Waals surface area (Å²) >= 11 is 0. The Morgan fingerprint density at radius 3 is 2.10 bits per heavy atom. The molecule has 4 heteroatoms. The number of rotatable bonds is 2.